The van der Waals surface area contributed by atoms with Gasteiger partial charge in [-0.05, 0) is 20.8 Å². The van der Waals surface area contributed by atoms with Crippen molar-refractivity contribution in [1.29, 1.82) is 0 Å². The molecule has 1 atom stereocenters. The fourth-order valence-corrected chi connectivity index (χ4v) is 1.01. The van der Waals surface area contributed by atoms with E-state index in [0.717, 1.165) is 7.05 Å². The summed E-state index contributed by atoms with van der Waals surface area (Å²) < 4.78 is 41.9. The van der Waals surface area contributed by atoms with E-state index >= 15 is 0 Å². The topological polar surface area (TPSA) is 66.8 Å². The summed E-state index contributed by atoms with van der Waals surface area (Å²) in [6.07, 6.45) is -5.92. The number of ether oxygens (including phenoxy) is 1. The molecule has 0 heterocycles. The van der Waals surface area contributed by atoms with E-state index in [4.69, 9.17) is 9.84 Å². The molecule has 0 aliphatic heterocycles. The fourth-order valence-electron chi connectivity index (χ4n) is 1.01. The predicted octanol–water partition coefficient (Wildman–Crippen LogP) is 2.12. The van der Waals surface area contributed by atoms with Crippen molar-refractivity contribution in [3.05, 3.63) is 0 Å². The second-order valence-corrected chi connectivity index (χ2v) is 4.79. The molecule has 5 nitrogen and oxygen atoms in total. The Morgan fingerprint density at radius 2 is 1.72 bits per heavy atom. The van der Waals surface area contributed by atoms with Gasteiger partial charge in [0.2, 0.25) is 0 Å². The van der Waals surface area contributed by atoms with Gasteiger partial charge in [-0.15, -0.1) is 0 Å². The molecule has 1 amide bonds. The summed E-state index contributed by atoms with van der Waals surface area (Å²) in [6.45, 7) is 3.67. The van der Waals surface area contributed by atoms with E-state index in [1.807, 2.05) is 0 Å². The standard InChI is InChI=1S/C10H16F3NO4/c1-9(2,3)18-8(17)14(4)5-6(7(15)16)10(11,12)13/h6H,5H2,1-4H3,(H,15,16). The maximum Gasteiger partial charge on any atom is 0.410 e. The summed E-state index contributed by atoms with van der Waals surface area (Å²) in [5.74, 6) is -4.66. The first-order chi connectivity index (χ1) is 7.84. The van der Waals surface area contributed by atoms with Crippen molar-refractivity contribution in [3.8, 4) is 0 Å². The first-order valence-electron chi connectivity index (χ1n) is 5.08. The molecule has 0 aromatic carbocycles. The average Bonchev–Trinajstić information content (AvgIpc) is 2.08. The Morgan fingerprint density at radius 3 is 2.00 bits per heavy atom. The molecule has 0 fully saturated rings. The predicted molar refractivity (Wildman–Crippen MR) is 56.0 cm³/mol. The molecule has 0 aromatic rings. The lowest BCUT2D eigenvalue weighted by Crippen LogP contribution is -2.43. The quantitative estimate of drug-likeness (QED) is 0.853. The zero-order chi connectivity index (χ0) is 14.7. The van der Waals surface area contributed by atoms with E-state index < -0.39 is 36.3 Å². The van der Waals surface area contributed by atoms with E-state index in [-0.39, 0.29) is 0 Å². The molecule has 0 radical (unpaired) electrons. The van der Waals surface area contributed by atoms with Crippen LogP contribution in [0.2, 0.25) is 0 Å². The van der Waals surface area contributed by atoms with Gasteiger partial charge in [-0.1, -0.05) is 0 Å². The van der Waals surface area contributed by atoms with Crippen molar-refractivity contribution in [2.45, 2.75) is 32.5 Å². The molecule has 0 saturated carbocycles. The Hall–Kier alpha value is -1.47. The number of alkyl halides is 3. The van der Waals surface area contributed by atoms with Crippen molar-refractivity contribution in [3.63, 3.8) is 0 Å². The number of amides is 1. The van der Waals surface area contributed by atoms with E-state index in [1.165, 1.54) is 0 Å². The monoisotopic (exact) mass is 271 g/mol. The van der Waals surface area contributed by atoms with Crippen molar-refractivity contribution in [2.24, 2.45) is 5.92 Å². The summed E-state index contributed by atoms with van der Waals surface area (Å²) in [6, 6.07) is 0. The molecule has 0 aromatic heterocycles. The molecule has 0 saturated heterocycles. The molecule has 0 spiro atoms. The van der Waals surface area contributed by atoms with Crippen LogP contribution in [0.4, 0.5) is 18.0 Å². The first kappa shape index (κ1) is 16.5. The molecule has 1 unspecified atom stereocenters. The lowest BCUT2D eigenvalue weighted by Gasteiger charge is -2.27. The summed E-state index contributed by atoms with van der Waals surface area (Å²) in [5, 5.41) is 8.47. The van der Waals surface area contributed by atoms with Gasteiger partial charge in [0.1, 0.15) is 5.60 Å². The summed E-state index contributed by atoms with van der Waals surface area (Å²) in [4.78, 5) is 22.5. The van der Waals surface area contributed by atoms with Crippen molar-refractivity contribution in [1.82, 2.24) is 4.90 Å². The number of hydrogen-bond acceptors (Lipinski definition) is 3. The number of aliphatic carboxylic acids is 1. The number of carbonyl (C=O) groups is 2. The van der Waals surface area contributed by atoms with Crippen LogP contribution in [-0.2, 0) is 9.53 Å². The minimum Gasteiger partial charge on any atom is -0.481 e. The Morgan fingerprint density at radius 1 is 1.28 bits per heavy atom. The van der Waals surface area contributed by atoms with Crippen molar-refractivity contribution < 1.29 is 32.6 Å². The number of carboxylic acid groups (broad SMARTS) is 1. The minimum atomic E-state index is -4.91. The lowest BCUT2D eigenvalue weighted by molar-refractivity contribution is -0.195. The molecule has 0 aliphatic rings. The van der Waals surface area contributed by atoms with Crippen LogP contribution in [0.15, 0.2) is 0 Å². The van der Waals surface area contributed by atoms with Gasteiger partial charge in [-0.25, -0.2) is 4.79 Å². The van der Waals surface area contributed by atoms with Gasteiger partial charge in [0, 0.05) is 13.6 Å². The van der Waals surface area contributed by atoms with Crippen LogP contribution in [0, 0.1) is 5.92 Å². The molecular weight excluding hydrogens is 255 g/mol. The number of carboxylic acids is 1. The van der Waals surface area contributed by atoms with Crippen LogP contribution >= 0.6 is 0 Å². The second-order valence-electron chi connectivity index (χ2n) is 4.79. The van der Waals surface area contributed by atoms with Gasteiger partial charge in [0.15, 0.2) is 5.92 Å². The third-order valence-corrected chi connectivity index (χ3v) is 1.85. The van der Waals surface area contributed by atoms with Crippen LogP contribution in [0.1, 0.15) is 20.8 Å². The van der Waals surface area contributed by atoms with Crippen LogP contribution < -0.4 is 0 Å². The highest BCUT2D eigenvalue weighted by molar-refractivity contribution is 5.73. The summed E-state index contributed by atoms with van der Waals surface area (Å²) in [5.41, 5.74) is -0.859. The highest BCUT2D eigenvalue weighted by Crippen LogP contribution is 2.27. The van der Waals surface area contributed by atoms with Crippen LogP contribution in [0.3, 0.4) is 0 Å². The third-order valence-electron chi connectivity index (χ3n) is 1.85. The maximum absolute atomic E-state index is 12.4. The zero-order valence-electron chi connectivity index (χ0n) is 10.5. The second kappa shape index (κ2) is 5.45. The van der Waals surface area contributed by atoms with Gasteiger partial charge >= 0.3 is 18.2 Å². The molecule has 106 valence electrons. The average molecular weight is 271 g/mol. The zero-order valence-corrected chi connectivity index (χ0v) is 10.5. The van der Waals surface area contributed by atoms with Crippen molar-refractivity contribution >= 4 is 12.1 Å². The summed E-state index contributed by atoms with van der Waals surface area (Å²) in [7, 11) is 1.05. The Labute approximate surface area is 103 Å². The van der Waals surface area contributed by atoms with Crippen LogP contribution in [0.5, 0.6) is 0 Å². The van der Waals surface area contributed by atoms with E-state index in [2.05, 4.69) is 0 Å². The number of rotatable bonds is 3. The number of hydrogen-bond donors (Lipinski definition) is 1. The first-order valence-corrected chi connectivity index (χ1v) is 5.08. The third kappa shape index (κ3) is 5.74. The molecule has 0 rings (SSSR count). The molecule has 1 N–H and O–H groups in total. The Kier molecular flexibility index (Phi) is 5.00. The SMILES string of the molecule is CN(CC(C(=O)O)C(F)(F)F)C(=O)OC(C)(C)C. The molecule has 8 heteroatoms. The Balaban J connectivity index is 4.67. The fraction of sp³-hybridized carbons (Fsp3) is 0.800. The Bertz CT molecular complexity index is 322. The molecule has 18 heavy (non-hydrogen) atoms. The summed E-state index contributed by atoms with van der Waals surface area (Å²) >= 11 is 0. The van der Waals surface area contributed by atoms with E-state index in [9.17, 15) is 22.8 Å². The maximum atomic E-state index is 12.4. The van der Waals surface area contributed by atoms with Crippen LogP contribution in [-0.4, -0.2) is 47.4 Å². The normalized spacial score (nSPS) is 13.9. The van der Waals surface area contributed by atoms with Gasteiger partial charge in [-0.3, -0.25) is 4.79 Å². The van der Waals surface area contributed by atoms with Gasteiger partial charge in [-0.2, -0.15) is 13.2 Å². The van der Waals surface area contributed by atoms with Gasteiger partial charge in [0.05, 0.1) is 0 Å². The smallest absolute Gasteiger partial charge is 0.410 e. The van der Waals surface area contributed by atoms with Gasteiger partial charge in [0.25, 0.3) is 0 Å². The largest absolute Gasteiger partial charge is 0.481 e. The van der Waals surface area contributed by atoms with E-state index in [1.54, 1.807) is 20.8 Å². The number of carbonyl (C=O) groups excluding carboxylic acids is 1. The van der Waals surface area contributed by atoms with E-state index in [0.29, 0.717) is 4.90 Å². The van der Waals surface area contributed by atoms with Gasteiger partial charge < -0.3 is 14.7 Å². The molecule has 0 bridgehead atoms. The minimum absolute atomic E-state index is 0.595. The highest BCUT2D eigenvalue weighted by Gasteiger charge is 2.46. The number of halogens is 3. The molecular formula is C10H16F3NO4. The lowest BCUT2D eigenvalue weighted by atomic mass is 10.1. The van der Waals surface area contributed by atoms with Crippen molar-refractivity contribution in [2.75, 3.05) is 13.6 Å². The van der Waals surface area contributed by atoms with Crippen LogP contribution in [0.25, 0.3) is 0 Å². The molecule has 0 aliphatic carbocycles. The highest BCUT2D eigenvalue weighted by atomic mass is 19.4. The number of nitrogens with zero attached hydrogens (tertiary/aromatic N) is 1.